The van der Waals surface area contributed by atoms with Crippen molar-refractivity contribution in [3.63, 3.8) is 0 Å². The molecule has 9 nitrogen and oxygen atoms in total. The average Bonchev–Trinajstić information content (AvgIpc) is 3.67. The molecule has 2 saturated carbocycles. The molecule has 4 atom stereocenters. The molecule has 0 spiro atoms. The van der Waals surface area contributed by atoms with Crippen LogP contribution in [0.2, 0.25) is 0 Å². The van der Waals surface area contributed by atoms with Crippen molar-refractivity contribution in [1.29, 1.82) is 0 Å². The Labute approximate surface area is 228 Å². The van der Waals surface area contributed by atoms with Crippen LogP contribution >= 0.6 is 15.9 Å². The molecule has 0 unspecified atom stereocenters. The summed E-state index contributed by atoms with van der Waals surface area (Å²) in [6.07, 6.45) is 9.37. The van der Waals surface area contributed by atoms with E-state index in [1.54, 1.807) is 23.1 Å². The van der Waals surface area contributed by atoms with Gasteiger partial charge in [0.2, 0.25) is 17.6 Å². The maximum atomic E-state index is 12.9. The highest BCUT2D eigenvalue weighted by Crippen LogP contribution is 2.35. The van der Waals surface area contributed by atoms with Gasteiger partial charge in [0, 0.05) is 43.6 Å². The van der Waals surface area contributed by atoms with E-state index in [-0.39, 0.29) is 23.9 Å². The number of pyridine rings is 1. The minimum atomic E-state index is 0.00801. The van der Waals surface area contributed by atoms with E-state index in [9.17, 15) is 4.79 Å². The zero-order valence-corrected chi connectivity index (χ0v) is 22.2. The molecule has 1 amide bonds. The van der Waals surface area contributed by atoms with Crippen molar-refractivity contribution < 1.29 is 4.79 Å². The number of hydrogen-bond acceptors (Lipinski definition) is 5. The highest BCUT2D eigenvalue weighted by atomic mass is 79.9. The van der Waals surface area contributed by atoms with Crippen LogP contribution in [0.3, 0.4) is 0 Å². The van der Waals surface area contributed by atoms with E-state index in [0.717, 1.165) is 60.8 Å². The molecule has 1 aromatic carbocycles. The van der Waals surface area contributed by atoms with Crippen molar-refractivity contribution in [1.82, 2.24) is 30.0 Å². The third kappa shape index (κ3) is 4.61. The minimum absolute atomic E-state index is 0.00801. The van der Waals surface area contributed by atoms with Gasteiger partial charge in [-0.2, -0.15) is 5.10 Å². The summed E-state index contributed by atoms with van der Waals surface area (Å²) in [5.74, 6) is 1.19. The molecule has 0 aliphatic heterocycles. The van der Waals surface area contributed by atoms with Gasteiger partial charge in [0.05, 0.1) is 23.2 Å². The third-order valence-electron chi connectivity index (χ3n) is 7.78. The number of fused-ring (bicyclic) bond motifs is 2. The zero-order chi connectivity index (χ0) is 26.2. The van der Waals surface area contributed by atoms with Gasteiger partial charge >= 0.3 is 0 Å². The zero-order valence-electron chi connectivity index (χ0n) is 20.6. The van der Waals surface area contributed by atoms with E-state index in [4.69, 9.17) is 18.1 Å². The molecule has 0 bridgehead atoms. The minimum Gasteiger partial charge on any atom is -0.353 e. The first-order valence-electron chi connectivity index (χ1n) is 12.9. The average molecular weight is 569 g/mol. The number of amides is 1. The Morgan fingerprint density at radius 2 is 2.05 bits per heavy atom. The maximum Gasteiger partial charge on any atom is 0.225 e. The lowest BCUT2D eigenvalue weighted by molar-refractivity contribution is -0.125. The molecule has 6 rings (SSSR count). The van der Waals surface area contributed by atoms with Gasteiger partial charge in [-0.15, -0.1) is 0 Å². The summed E-state index contributed by atoms with van der Waals surface area (Å²) < 4.78 is 2.38. The Morgan fingerprint density at radius 3 is 2.87 bits per heavy atom. The highest BCUT2D eigenvalue weighted by Gasteiger charge is 2.34. The Hall–Kier alpha value is -3.89. The second-order valence-corrected chi connectivity index (χ2v) is 11.0. The van der Waals surface area contributed by atoms with E-state index in [1.807, 2.05) is 18.2 Å². The predicted molar refractivity (Wildman–Crippen MR) is 147 cm³/mol. The first-order valence-corrected chi connectivity index (χ1v) is 13.7. The fourth-order valence-corrected chi connectivity index (χ4v) is 6.27. The molecular weight excluding hydrogens is 544 g/mol. The van der Waals surface area contributed by atoms with Gasteiger partial charge in [-0.25, -0.2) is 26.1 Å². The molecule has 2 fully saturated rings. The molecule has 38 heavy (non-hydrogen) atoms. The third-order valence-corrected chi connectivity index (χ3v) is 8.37. The first-order chi connectivity index (χ1) is 18.5. The van der Waals surface area contributed by atoms with Crippen LogP contribution in [0.4, 0.5) is 5.69 Å². The number of carbonyl (C=O) groups is 1. The molecule has 3 heterocycles. The standard InChI is InChI=1S/C28H25BrN8O/c1-30-19-7-8-20(13-19)34-28(38)18-6-5-16(10-18)11-24-33-15-22-26(29)36-37(27(22)35-24)21-12-17-4-3-9-32-25(17)23(14-21)31-2/h3-4,9,12,14-16,18-20H,5-8,10-11,13H2,(H,34,38)/t16-,18-,19+,20+/m1/s1. The van der Waals surface area contributed by atoms with Gasteiger partial charge in [-0.05, 0) is 71.1 Å². The smallest absolute Gasteiger partial charge is 0.225 e. The summed E-state index contributed by atoms with van der Waals surface area (Å²) >= 11 is 3.54. The van der Waals surface area contributed by atoms with Gasteiger partial charge in [-0.1, -0.05) is 6.07 Å². The number of nitrogens with zero attached hydrogens (tertiary/aromatic N) is 7. The number of benzene rings is 1. The van der Waals surface area contributed by atoms with Crippen molar-refractivity contribution in [3.8, 4) is 5.69 Å². The highest BCUT2D eigenvalue weighted by molar-refractivity contribution is 9.10. The van der Waals surface area contributed by atoms with Crippen LogP contribution in [0.25, 0.3) is 37.3 Å². The Bertz CT molecular complexity index is 1630. The summed E-state index contributed by atoms with van der Waals surface area (Å²) in [7, 11) is 0. The van der Waals surface area contributed by atoms with E-state index in [0.29, 0.717) is 33.8 Å². The van der Waals surface area contributed by atoms with Crippen LogP contribution in [0.5, 0.6) is 0 Å². The Kier molecular flexibility index (Phi) is 6.50. The van der Waals surface area contributed by atoms with Gasteiger partial charge < -0.3 is 10.2 Å². The van der Waals surface area contributed by atoms with Crippen LogP contribution < -0.4 is 5.32 Å². The Balaban J connectivity index is 1.21. The Morgan fingerprint density at radius 1 is 1.16 bits per heavy atom. The van der Waals surface area contributed by atoms with Crippen LogP contribution in [0.15, 0.2) is 41.3 Å². The second kappa shape index (κ2) is 10.1. The molecule has 0 saturated heterocycles. The lowest BCUT2D eigenvalue weighted by Crippen LogP contribution is -2.37. The summed E-state index contributed by atoms with van der Waals surface area (Å²) in [6, 6.07) is 7.72. The van der Waals surface area contributed by atoms with E-state index < -0.39 is 0 Å². The van der Waals surface area contributed by atoms with Crippen LogP contribution in [0, 0.1) is 25.0 Å². The molecule has 1 N–H and O–H groups in total. The quantitative estimate of drug-likeness (QED) is 0.316. The van der Waals surface area contributed by atoms with Gasteiger partial charge in [-0.3, -0.25) is 9.78 Å². The predicted octanol–water partition coefficient (Wildman–Crippen LogP) is 5.59. The maximum absolute atomic E-state index is 12.9. The summed E-state index contributed by atoms with van der Waals surface area (Å²) in [4.78, 5) is 34.0. The first kappa shape index (κ1) is 24.4. The number of rotatable bonds is 5. The van der Waals surface area contributed by atoms with E-state index in [1.165, 1.54) is 0 Å². The van der Waals surface area contributed by atoms with Crippen LogP contribution in [-0.2, 0) is 11.2 Å². The number of carbonyl (C=O) groups excluding carboxylic acids is 1. The van der Waals surface area contributed by atoms with E-state index in [2.05, 4.69) is 46.0 Å². The molecule has 3 aromatic heterocycles. The van der Waals surface area contributed by atoms with Crippen molar-refractivity contribution in [2.24, 2.45) is 11.8 Å². The summed E-state index contributed by atoms with van der Waals surface area (Å²) in [5, 5.41) is 9.49. The second-order valence-electron chi connectivity index (χ2n) is 10.3. The largest absolute Gasteiger partial charge is 0.353 e. The molecular formula is C28H25BrN8O. The van der Waals surface area contributed by atoms with Gasteiger partial charge in [0.15, 0.2) is 5.65 Å². The SMILES string of the molecule is [C-]#[N+]c1cc(-n2nc(Br)c3cnc(C[C@@H]4CC[C@@H](C(=O)N[C@H]5CC[C@H]([N+]#[C-])C5)C4)nc32)cc2cccnc12. The molecule has 2 aliphatic rings. The molecule has 10 heteroatoms. The monoisotopic (exact) mass is 568 g/mol. The molecule has 2 aliphatic carbocycles. The van der Waals surface area contributed by atoms with Gasteiger partial charge in [0.1, 0.15) is 10.4 Å². The van der Waals surface area contributed by atoms with Crippen molar-refractivity contribution in [3.05, 3.63) is 69.9 Å². The number of halogens is 1. The number of nitrogens with one attached hydrogen (secondary N) is 1. The lowest BCUT2D eigenvalue weighted by Gasteiger charge is -2.15. The molecule has 4 aromatic rings. The molecule has 190 valence electrons. The van der Waals surface area contributed by atoms with Crippen molar-refractivity contribution in [2.75, 3.05) is 0 Å². The van der Waals surface area contributed by atoms with Crippen LogP contribution in [-0.4, -0.2) is 42.7 Å². The summed E-state index contributed by atoms with van der Waals surface area (Å²) in [5.41, 5.74) is 2.53. The fourth-order valence-electron chi connectivity index (χ4n) is 5.83. The van der Waals surface area contributed by atoms with Crippen LogP contribution in [0.1, 0.15) is 44.3 Å². The normalized spacial score (nSPS) is 22.9. The topological polar surface area (TPSA) is 94.3 Å². The lowest BCUT2D eigenvalue weighted by atomic mass is 10.0. The van der Waals surface area contributed by atoms with Crippen molar-refractivity contribution >= 4 is 49.5 Å². The van der Waals surface area contributed by atoms with Crippen molar-refractivity contribution in [2.45, 2.75) is 57.0 Å². The van der Waals surface area contributed by atoms with Gasteiger partial charge in [0.25, 0.3) is 0 Å². The molecule has 0 radical (unpaired) electrons. The number of hydrogen-bond donors (Lipinski definition) is 1. The van der Waals surface area contributed by atoms with E-state index >= 15 is 0 Å². The number of aromatic nitrogens is 5. The summed E-state index contributed by atoms with van der Waals surface area (Å²) in [6.45, 7) is 14.8. The fraction of sp³-hybridized carbons (Fsp3) is 0.393.